The summed E-state index contributed by atoms with van der Waals surface area (Å²) in [5.74, 6) is 2.13. The summed E-state index contributed by atoms with van der Waals surface area (Å²) >= 11 is 12.5. The van der Waals surface area contributed by atoms with Crippen molar-refractivity contribution >= 4 is 43.5 Å². The van der Waals surface area contributed by atoms with Gasteiger partial charge in [0, 0.05) is 26.8 Å². The van der Waals surface area contributed by atoms with E-state index >= 15 is 0 Å². The summed E-state index contributed by atoms with van der Waals surface area (Å²) in [6.45, 7) is 0. The van der Waals surface area contributed by atoms with Gasteiger partial charge < -0.3 is 4.42 Å². The SMILES string of the molecule is ClCCCc1ncc(-c2cc(Br)cc(Br)c2)o1. The van der Waals surface area contributed by atoms with Gasteiger partial charge in [0.05, 0.1) is 6.20 Å². The van der Waals surface area contributed by atoms with Crippen molar-refractivity contribution in [2.24, 2.45) is 0 Å². The van der Waals surface area contributed by atoms with Gasteiger partial charge in [-0.3, -0.25) is 0 Å². The van der Waals surface area contributed by atoms with Gasteiger partial charge in [0.2, 0.25) is 0 Å². The standard InChI is InChI=1S/C12H10Br2ClNO/c13-9-4-8(5-10(14)6-9)11-7-16-12(17-11)2-1-3-15/h4-7H,1-3H2. The first-order valence-corrected chi connectivity index (χ1v) is 7.28. The molecule has 0 unspecified atom stereocenters. The second-order valence-electron chi connectivity index (χ2n) is 3.57. The van der Waals surface area contributed by atoms with E-state index < -0.39 is 0 Å². The molecule has 0 N–H and O–H groups in total. The molecule has 0 fully saturated rings. The Kier molecular flexibility index (Phi) is 4.65. The third-order valence-electron chi connectivity index (χ3n) is 2.22. The normalized spacial score (nSPS) is 10.8. The zero-order valence-electron chi connectivity index (χ0n) is 8.92. The van der Waals surface area contributed by atoms with Gasteiger partial charge in [0.1, 0.15) is 0 Å². The third kappa shape index (κ3) is 3.57. The first-order valence-electron chi connectivity index (χ1n) is 5.16. The van der Waals surface area contributed by atoms with E-state index in [0.717, 1.165) is 39.0 Å². The molecule has 0 atom stereocenters. The average molecular weight is 379 g/mol. The largest absolute Gasteiger partial charge is 0.441 e. The van der Waals surface area contributed by atoms with Crippen LogP contribution in [0.4, 0.5) is 0 Å². The van der Waals surface area contributed by atoms with E-state index in [1.807, 2.05) is 18.2 Å². The summed E-state index contributed by atoms with van der Waals surface area (Å²) in [5, 5.41) is 0. The van der Waals surface area contributed by atoms with Crippen molar-refractivity contribution in [2.45, 2.75) is 12.8 Å². The van der Waals surface area contributed by atoms with E-state index in [0.29, 0.717) is 5.88 Å². The van der Waals surface area contributed by atoms with Crippen molar-refractivity contribution in [2.75, 3.05) is 5.88 Å². The minimum atomic E-state index is 0.625. The van der Waals surface area contributed by atoms with Gasteiger partial charge in [-0.25, -0.2) is 4.98 Å². The molecule has 2 rings (SSSR count). The zero-order chi connectivity index (χ0) is 12.3. The van der Waals surface area contributed by atoms with E-state index in [-0.39, 0.29) is 0 Å². The Morgan fingerprint density at radius 2 is 1.88 bits per heavy atom. The number of hydrogen-bond donors (Lipinski definition) is 0. The second-order valence-corrected chi connectivity index (χ2v) is 5.78. The maximum Gasteiger partial charge on any atom is 0.194 e. The molecule has 17 heavy (non-hydrogen) atoms. The van der Waals surface area contributed by atoms with Crippen LogP contribution in [0.3, 0.4) is 0 Å². The van der Waals surface area contributed by atoms with Crippen LogP contribution in [-0.2, 0) is 6.42 Å². The quantitative estimate of drug-likeness (QED) is 0.696. The van der Waals surface area contributed by atoms with Crippen molar-refractivity contribution in [3.63, 3.8) is 0 Å². The molecule has 0 aliphatic carbocycles. The van der Waals surface area contributed by atoms with E-state index in [9.17, 15) is 0 Å². The summed E-state index contributed by atoms with van der Waals surface area (Å²) in [6, 6.07) is 5.97. The van der Waals surface area contributed by atoms with E-state index in [1.165, 1.54) is 0 Å². The molecule has 90 valence electrons. The fraction of sp³-hybridized carbons (Fsp3) is 0.250. The Bertz CT molecular complexity index is 493. The van der Waals surface area contributed by atoms with E-state index in [4.69, 9.17) is 16.0 Å². The molecule has 0 radical (unpaired) electrons. The lowest BCUT2D eigenvalue weighted by Crippen LogP contribution is -1.84. The first-order chi connectivity index (χ1) is 8.19. The molecule has 0 spiro atoms. The fourth-order valence-corrected chi connectivity index (χ4v) is 2.90. The number of hydrogen-bond acceptors (Lipinski definition) is 2. The predicted molar refractivity (Wildman–Crippen MR) is 76.4 cm³/mol. The highest BCUT2D eigenvalue weighted by Crippen LogP contribution is 2.28. The van der Waals surface area contributed by atoms with Gasteiger partial charge >= 0.3 is 0 Å². The van der Waals surface area contributed by atoms with Crippen LogP contribution in [0.2, 0.25) is 0 Å². The lowest BCUT2D eigenvalue weighted by molar-refractivity contribution is 0.503. The highest BCUT2D eigenvalue weighted by molar-refractivity contribution is 9.11. The molecule has 1 heterocycles. The van der Waals surface area contributed by atoms with E-state index in [2.05, 4.69) is 36.8 Å². The summed E-state index contributed by atoms with van der Waals surface area (Å²) < 4.78 is 7.67. The Labute approximate surface area is 122 Å². The summed E-state index contributed by atoms with van der Waals surface area (Å²) in [4.78, 5) is 4.23. The van der Waals surface area contributed by atoms with Crippen molar-refractivity contribution in [3.05, 3.63) is 39.2 Å². The molecular formula is C12H10Br2ClNO. The Balaban J connectivity index is 2.24. The predicted octanol–water partition coefficient (Wildman–Crippen LogP) is 5.04. The Hall–Kier alpha value is -0.320. The molecule has 0 aliphatic heterocycles. The lowest BCUT2D eigenvalue weighted by atomic mass is 10.2. The molecule has 1 aromatic heterocycles. The number of halogens is 3. The topological polar surface area (TPSA) is 26.0 Å². The molecule has 2 aromatic rings. The van der Waals surface area contributed by atoms with Crippen LogP contribution >= 0.6 is 43.5 Å². The number of nitrogens with zero attached hydrogens (tertiary/aromatic N) is 1. The first kappa shape index (κ1) is 13.1. The van der Waals surface area contributed by atoms with Crippen molar-refractivity contribution in [1.29, 1.82) is 0 Å². The number of oxazole rings is 1. The molecule has 5 heteroatoms. The van der Waals surface area contributed by atoms with Gasteiger partial charge in [0.25, 0.3) is 0 Å². The van der Waals surface area contributed by atoms with Crippen LogP contribution < -0.4 is 0 Å². The van der Waals surface area contributed by atoms with Crippen LogP contribution in [0.5, 0.6) is 0 Å². The third-order valence-corrected chi connectivity index (χ3v) is 3.41. The Morgan fingerprint density at radius 3 is 2.53 bits per heavy atom. The minimum absolute atomic E-state index is 0.625. The molecule has 2 nitrogen and oxygen atoms in total. The lowest BCUT2D eigenvalue weighted by Gasteiger charge is -1.99. The highest BCUT2D eigenvalue weighted by atomic mass is 79.9. The van der Waals surface area contributed by atoms with Gasteiger partial charge in [0.15, 0.2) is 11.7 Å². The van der Waals surface area contributed by atoms with Gasteiger partial charge in [-0.1, -0.05) is 31.9 Å². The van der Waals surface area contributed by atoms with Crippen LogP contribution in [0, 0.1) is 0 Å². The van der Waals surface area contributed by atoms with Gasteiger partial charge in [-0.15, -0.1) is 11.6 Å². The zero-order valence-corrected chi connectivity index (χ0v) is 12.8. The monoisotopic (exact) mass is 377 g/mol. The van der Waals surface area contributed by atoms with Crippen LogP contribution in [-0.4, -0.2) is 10.9 Å². The van der Waals surface area contributed by atoms with Crippen LogP contribution in [0.15, 0.2) is 37.8 Å². The number of benzene rings is 1. The summed E-state index contributed by atoms with van der Waals surface area (Å²) in [5.41, 5.74) is 0.996. The number of aromatic nitrogens is 1. The average Bonchev–Trinajstić information content (AvgIpc) is 2.73. The molecule has 0 saturated heterocycles. The maximum absolute atomic E-state index is 5.67. The van der Waals surface area contributed by atoms with Crippen LogP contribution in [0.1, 0.15) is 12.3 Å². The van der Waals surface area contributed by atoms with Crippen molar-refractivity contribution < 1.29 is 4.42 Å². The number of alkyl halides is 1. The van der Waals surface area contributed by atoms with Crippen LogP contribution in [0.25, 0.3) is 11.3 Å². The highest BCUT2D eigenvalue weighted by Gasteiger charge is 2.07. The van der Waals surface area contributed by atoms with Crippen molar-refractivity contribution in [1.82, 2.24) is 4.98 Å². The van der Waals surface area contributed by atoms with Crippen molar-refractivity contribution in [3.8, 4) is 11.3 Å². The van der Waals surface area contributed by atoms with Gasteiger partial charge in [-0.2, -0.15) is 0 Å². The van der Waals surface area contributed by atoms with Gasteiger partial charge in [-0.05, 0) is 24.6 Å². The fourth-order valence-electron chi connectivity index (χ4n) is 1.47. The molecule has 0 saturated carbocycles. The smallest absolute Gasteiger partial charge is 0.194 e. The molecule has 1 aromatic carbocycles. The molecule has 0 aliphatic rings. The second kappa shape index (κ2) is 6.03. The summed E-state index contributed by atoms with van der Waals surface area (Å²) in [6.07, 6.45) is 3.40. The number of aryl methyl sites for hydroxylation is 1. The number of rotatable bonds is 4. The van der Waals surface area contributed by atoms with E-state index in [1.54, 1.807) is 6.20 Å². The molecule has 0 bridgehead atoms. The summed E-state index contributed by atoms with van der Waals surface area (Å²) in [7, 11) is 0. The molecule has 0 amide bonds. The Morgan fingerprint density at radius 1 is 1.18 bits per heavy atom. The maximum atomic E-state index is 5.67. The minimum Gasteiger partial charge on any atom is -0.441 e. The molecular weight excluding hydrogens is 369 g/mol.